The van der Waals surface area contributed by atoms with Crippen LogP contribution in [0.3, 0.4) is 0 Å². The van der Waals surface area contributed by atoms with Crippen LogP contribution in [0.1, 0.15) is 49.8 Å². The van der Waals surface area contributed by atoms with Crippen LogP contribution in [-0.4, -0.2) is 38.7 Å². The average molecular weight is 412 g/mol. The Bertz CT molecular complexity index is 959. The first kappa shape index (κ1) is 20.0. The average Bonchev–Trinajstić information content (AvgIpc) is 3.20. The molecular formula is C22H29N5OS. The SMILES string of the molecule is CC(=O)NC(CC(C)C)c1nnc2n1CCN(Cc1cc3ccccc3s1)CC2. The molecule has 0 aliphatic carbocycles. The summed E-state index contributed by atoms with van der Waals surface area (Å²) in [5, 5.41) is 13.3. The molecule has 1 atom stereocenters. The summed E-state index contributed by atoms with van der Waals surface area (Å²) in [6.45, 7) is 9.66. The molecule has 0 saturated carbocycles. The van der Waals surface area contributed by atoms with Crippen LogP contribution in [0.25, 0.3) is 10.1 Å². The van der Waals surface area contributed by atoms with Crippen molar-refractivity contribution in [2.24, 2.45) is 5.92 Å². The van der Waals surface area contributed by atoms with Gasteiger partial charge in [0.05, 0.1) is 6.04 Å². The highest BCUT2D eigenvalue weighted by molar-refractivity contribution is 7.19. The minimum atomic E-state index is -0.0807. The minimum absolute atomic E-state index is 0.0204. The number of nitrogens with zero attached hydrogens (tertiary/aromatic N) is 4. The summed E-state index contributed by atoms with van der Waals surface area (Å²) in [5.74, 6) is 2.37. The summed E-state index contributed by atoms with van der Waals surface area (Å²) in [6, 6.07) is 10.8. The molecule has 1 N–H and O–H groups in total. The highest BCUT2D eigenvalue weighted by Crippen LogP contribution is 2.27. The Morgan fingerprint density at radius 2 is 2.03 bits per heavy atom. The van der Waals surface area contributed by atoms with Gasteiger partial charge in [0.1, 0.15) is 5.82 Å². The molecule has 0 radical (unpaired) electrons. The van der Waals surface area contributed by atoms with Crippen LogP contribution in [0, 0.1) is 5.92 Å². The smallest absolute Gasteiger partial charge is 0.217 e. The molecule has 0 bridgehead atoms. The quantitative estimate of drug-likeness (QED) is 0.671. The lowest BCUT2D eigenvalue weighted by molar-refractivity contribution is -0.119. The summed E-state index contributed by atoms with van der Waals surface area (Å²) in [5.41, 5.74) is 0. The minimum Gasteiger partial charge on any atom is -0.346 e. The van der Waals surface area contributed by atoms with Gasteiger partial charge in [-0.2, -0.15) is 0 Å². The van der Waals surface area contributed by atoms with E-state index in [9.17, 15) is 4.79 Å². The standard InChI is InChI=1S/C22H29N5OS/c1-15(2)12-19(23-16(3)28)22-25-24-21-8-9-26(10-11-27(21)22)14-18-13-17-6-4-5-7-20(17)29-18/h4-7,13,15,19H,8-12,14H2,1-3H3,(H,23,28). The Morgan fingerprint density at radius 3 is 2.79 bits per heavy atom. The molecule has 3 heterocycles. The summed E-state index contributed by atoms with van der Waals surface area (Å²) < 4.78 is 3.58. The number of aromatic nitrogens is 3. The molecule has 2 aromatic heterocycles. The lowest BCUT2D eigenvalue weighted by atomic mass is 10.0. The largest absolute Gasteiger partial charge is 0.346 e. The third-order valence-electron chi connectivity index (χ3n) is 5.40. The highest BCUT2D eigenvalue weighted by atomic mass is 32.1. The number of benzene rings is 1. The second kappa shape index (κ2) is 8.63. The fourth-order valence-corrected chi connectivity index (χ4v) is 5.19. The molecule has 0 saturated heterocycles. The fourth-order valence-electron chi connectivity index (χ4n) is 4.09. The number of carbonyl (C=O) groups is 1. The van der Waals surface area contributed by atoms with Crippen LogP contribution in [0.15, 0.2) is 30.3 Å². The van der Waals surface area contributed by atoms with Gasteiger partial charge in [0.25, 0.3) is 0 Å². The number of rotatable bonds is 6. The van der Waals surface area contributed by atoms with Crippen LogP contribution >= 0.6 is 11.3 Å². The highest BCUT2D eigenvalue weighted by Gasteiger charge is 2.25. The van der Waals surface area contributed by atoms with E-state index in [1.165, 1.54) is 15.0 Å². The lowest BCUT2D eigenvalue weighted by Crippen LogP contribution is -2.31. The first-order valence-electron chi connectivity index (χ1n) is 10.4. The van der Waals surface area contributed by atoms with E-state index in [4.69, 9.17) is 0 Å². The van der Waals surface area contributed by atoms with E-state index in [2.05, 4.69) is 69.2 Å². The summed E-state index contributed by atoms with van der Waals surface area (Å²) in [7, 11) is 0. The van der Waals surface area contributed by atoms with Crippen molar-refractivity contribution in [3.63, 3.8) is 0 Å². The topological polar surface area (TPSA) is 63.1 Å². The van der Waals surface area contributed by atoms with Gasteiger partial charge >= 0.3 is 0 Å². The molecule has 4 rings (SSSR count). The van der Waals surface area contributed by atoms with Crippen LogP contribution in [0.4, 0.5) is 0 Å². The third kappa shape index (κ3) is 4.67. The molecule has 7 heteroatoms. The Hall–Kier alpha value is -2.25. The molecule has 1 aliphatic rings. The predicted molar refractivity (Wildman–Crippen MR) is 117 cm³/mol. The molecule has 29 heavy (non-hydrogen) atoms. The van der Waals surface area contributed by atoms with E-state index >= 15 is 0 Å². The van der Waals surface area contributed by atoms with Crippen LogP contribution in [0.5, 0.6) is 0 Å². The maximum absolute atomic E-state index is 11.7. The van der Waals surface area contributed by atoms with E-state index in [-0.39, 0.29) is 11.9 Å². The Kier molecular flexibility index (Phi) is 5.96. The zero-order valence-corrected chi connectivity index (χ0v) is 18.2. The van der Waals surface area contributed by atoms with Crippen molar-refractivity contribution in [3.8, 4) is 0 Å². The van der Waals surface area contributed by atoms with Crippen LogP contribution < -0.4 is 5.32 Å². The maximum atomic E-state index is 11.7. The van der Waals surface area contributed by atoms with Crippen molar-refractivity contribution in [1.82, 2.24) is 25.0 Å². The van der Waals surface area contributed by atoms with Gasteiger partial charge in [0.2, 0.25) is 5.91 Å². The Morgan fingerprint density at radius 1 is 1.21 bits per heavy atom. The van der Waals surface area contributed by atoms with Gasteiger partial charge in [-0.1, -0.05) is 32.0 Å². The maximum Gasteiger partial charge on any atom is 0.217 e. The fraction of sp³-hybridized carbons (Fsp3) is 0.500. The van der Waals surface area contributed by atoms with E-state index in [1.807, 2.05) is 11.3 Å². The van der Waals surface area contributed by atoms with E-state index in [0.717, 1.165) is 50.7 Å². The molecular weight excluding hydrogens is 382 g/mol. The number of hydrogen-bond acceptors (Lipinski definition) is 5. The van der Waals surface area contributed by atoms with Crippen molar-refractivity contribution in [2.45, 2.75) is 52.7 Å². The van der Waals surface area contributed by atoms with Gasteiger partial charge in [-0.3, -0.25) is 9.69 Å². The van der Waals surface area contributed by atoms with Crippen molar-refractivity contribution >= 4 is 27.3 Å². The molecule has 1 aromatic carbocycles. The van der Waals surface area contributed by atoms with Crippen molar-refractivity contribution < 1.29 is 4.79 Å². The molecule has 0 fully saturated rings. The third-order valence-corrected chi connectivity index (χ3v) is 6.50. The van der Waals surface area contributed by atoms with E-state index in [1.54, 1.807) is 6.92 Å². The zero-order valence-electron chi connectivity index (χ0n) is 17.4. The Balaban J connectivity index is 1.48. The monoisotopic (exact) mass is 411 g/mol. The molecule has 1 aliphatic heterocycles. The number of amides is 1. The molecule has 6 nitrogen and oxygen atoms in total. The summed E-state index contributed by atoms with van der Waals surface area (Å²) in [4.78, 5) is 15.6. The summed E-state index contributed by atoms with van der Waals surface area (Å²) >= 11 is 1.88. The molecule has 0 spiro atoms. The number of thiophene rings is 1. The van der Waals surface area contributed by atoms with Gasteiger partial charge in [-0.15, -0.1) is 21.5 Å². The molecule has 3 aromatic rings. The molecule has 154 valence electrons. The number of fused-ring (bicyclic) bond motifs is 2. The normalized spacial score (nSPS) is 16.0. The van der Waals surface area contributed by atoms with Crippen molar-refractivity contribution in [1.29, 1.82) is 0 Å². The van der Waals surface area contributed by atoms with Crippen LogP contribution in [-0.2, 0) is 24.3 Å². The van der Waals surface area contributed by atoms with Gasteiger partial charge in [0.15, 0.2) is 5.82 Å². The lowest BCUT2D eigenvalue weighted by Gasteiger charge is -2.21. The van der Waals surface area contributed by atoms with Crippen molar-refractivity contribution in [3.05, 3.63) is 46.9 Å². The van der Waals surface area contributed by atoms with E-state index < -0.39 is 0 Å². The van der Waals surface area contributed by atoms with Gasteiger partial charge in [-0.25, -0.2) is 0 Å². The van der Waals surface area contributed by atoms with Gasteiger partial charge in [0, 0.05) is 49.1 Å². The van der Waals surface area contributed by atoms with Crippen molar-refractivity contribution in [2.75, 3.05) is 13.1 Å². The zero-order chi connectivity index (χ0) is 20.4. The second-order valence-electron chi connectivity index (χ2n) is 8.29. The predicted octanol–water partition coefficient (Wildman–Crippen LogP) is 3.77. The number of hydrogen-bond donors (Lipinski definition) is 1. The van der Waals surface area contributed by atoms with Gasteiger partial charge in [-0.05, 0) is 29.9 Å². The van der Waals surface area contributed by atoms with E-state index in [0.29, 0.717) is 5.92 Å². The molecule has 1 unspecified atom stereocenters. The summed E-state index contributed by atoms with van der Waals surface area (Å²) in [6.07, 6.45) is 1.75. The second-order valence-corrected chi connectivity index (χ2v) is 9.45. The number of nitrogens with one attached hydrogen (secondary N) is 1. The molecule has 1 amide bonds. The van der Waals surface area contributed by atoms with Crippen LogP contribution in [0.2, 0.25) is 0 Å². The van der Waals surface area contributed by atoms with Gasteiger partial charge < -0.3 is 9.88 Å². The Labute approximate surface area is 175 Å². The first-order chi connectivity index (χ1) is 14.0. The number of carbonyl (C=O) groups excluding carboxylic acids is 1. The first-order valence-corrected chi connectivity index (χ1v) is 11.2.